The molecular weight excluding hydrogens is 406 g/mol. The molecular formula is C18H30ClN3O3S2. The molecule has 0 radical (unpaired) electrons. The number of aryl methyl sites for hydroxylation is 1. The minimum absolute atomic E-state index is 0. The van der Waals surface area contributed by atoms with Crippen molar-refractivity contribution in [3.63, 3.8) is 0 Å². The number of carbonyl (C=O) groups excluding carboxylic acids is 1. The second-order valence-electron chi connectivity index (χ2n) is 6.77. The Labute approximate surface area is 173 Å². The zero-order chi connectivity index (χ0) is 19.2. The van der Waals surface area contributed by atoms with Crippen molar-refractivity contribution >= 4 is 40.1 Å². The topological polar surface area (TPSA) is 87.3 Å². The van der Waals surface area contributed by atoms with E-state index in [1.807, 2.05) is 20.1 Å². The van der Waals surface area contributed by atoms with Gasteiger partial charge in [-0.3, -0.25) is 4.79 Å². The first-order valence-electron chi connectivity index (χ1n) is 8.95. The van der Waals surface area contributed by atoms with Gasteiger partial charge in [-0.05, 0) is 63.8 Å². The normalized spacial score (nSPS) is 21.1. The van der Waals surface area contributed by atoms with Crippen LogP contribution in [0.2, 0.25) is 0 Å². The summed E-state index contributed by atoms with van der Waals surface area (Å²) in [5.74, 6) is 0.447. The van der Waals surface area contributed by atoms with Crippen molar-refractivity contribution in [1.29, 1.82) is 0 Å². The molecule has 9 heteroatoms. The van der Waals surface area contributed by atoms with Crippen LogP contribution in [0.4, 0.5) is 0 Å². The third kappa shape index (κ3) is 7.27. The lowest BCUT2D eigenvalue weighted by atomic mass is 9.99. The maximum absolute atomic E-state index is 12.8. The lowest BCUT2D eigenvalue weighted by molar-refractivity contribution is -0.123. The molecule has 6 nitrogen and oxygen atoms in total. The summed E-state index contributed by atoms with van der Waals surface area (Å²) >= 11 is 1.59. The molecule has 3 unspecified atom stereocenters. The van der Waals surface area contributed by atoms with E-state index in [4.69, 9.17) is 0 Å². The first-order valence-corrected chi connectivity index (χ1v) is 11.8. The van der Waals surface area contributed by atoms with E-state index in [9.17, 15) is 13.2 Å². The molecule has 1 heterocycles. The van der Waals surface area contributed by atoms with Gasteiger partial charge in [0.1, 0.15) is 6.04 Å². The van der Waals surface area contributed by atoms with Gasteiger partial charge in [-0.1, -0.05) is 17.7 Å². The van der Waals surface area contributed by atoms with Crippen molar-refractivity contribution in [2.75, 3.05) is 18.6 Å². The lowest BCUT2D eigenvalue weighted by Gasteiger charge is -2.32. The van der Waals surface area contributed by atoms with Crippen LogP contribution in [0.1, 0.15) is 31.7 Å². The molecule has 1 fully saturated rings. The van der Waals surface area contributed by atoms with Crippen molar-refractivity contribution in [2.45, 2.75) is 56.1 Å². The van der Waals surface area contributed by atoms with E-state index in [-0.39, 0.29) is 35.3 Å². The van der Waals surface area contributed by atoms with Crippen molar-refractivity contribution in [2.24, 2.45) is 0 Å². The number of hydrogen-bond acceptors (Lipinski definition) is 5. The number of nitrogens with one attached hydrogen (secondary N) is 3. The van der Waals surface area contributed by atoms with Gasteiger partial charge in [-0.25, -0.2) is 8.42 Å². The second kappa shape index (κ2) is 11.3. The summed E-state index contributed by atoms with van der Waals surface area (Å²) in [6, 6.07) is 6.06. The molecule has 1 aliphatic rings. The molecule has 0 aliphatic carbocycles. The van der Waals surface area contributed by atoms with Gasteiger partial charge in [-0.15, -0.1) is 12.4 Å². The van der Waals surface area contributed by atoms with Crippen molar-refractivity contribution in [1.82, 2.24) is 15.4 Å². The third-order valence-corrected chi connectivity index (χ3v) is 6.78. The number of thioether (sulfide) groups is 1. The molecule has 3 N–H and O–H groups in total. The zero-order valence-electron chi connectivity index (χ0n) is 16.0. The summed E-state index contributed by atoms with van der Waals surface area (Å²) in [7, 11) is -3.74. The summed E-state index contributed by atoms with van der Waals surface area (Å²) in [4.78, 5) is 12.9. The number of benzene rings is 1. The van der Waals surface area contributed by atoms with Crippen LogP contribution in [0.15, 0.2) is 29.2 Å². The maximum atomic E-state index is 12.8. The molecule has 1 saturated heterocycles. The van der Waals surface area contributed by atoms with Gasteiger partial charge in [0, 0.05) is 12.1 Å². The van der Waals surface area contributed by atoms with Crippen LogP contribution in [0.3, 0.4) is 0 Å². The Morgan fingerprint density at radius 3 is 2.59 bits per heavy atom. The number of hydrogen-bond donors (Lipinski definition) is 3. The molecule has 1 aliphatic heterocycles. The molecule has 0 spiro atoms. The van der Waals surface area contributed by atoms with E-state index in [1.165, 1.54) is 0 Å². The SMILES string of the molecule is CSCCC(NS(=O)(=O)c1ccc(C)cc1)C(=O)NC1CCCNC1C.Cl. The van der Waals surface area contributed by atoms with E-state index < -0.39 is 16.1 Å². The van der Waals surface area contributed by atoms with Gasteiger partial charge in [0.15, 0.2) is 0 Å². The van der Waals surface area contributed by atoms with Crippen LogP contribution < -0.4 is 15.4 Å². The highest BCUT2D eigenvalue weighted by Gasteiger charge is 2.29. The van der Waals surface area contributed by atoms with Crippen LogP contribution in [0.25, 0.3) is 0 Å². The molecule has 0 bridgehead atoms. The van der Waals surface area contributed by atoms with Crippen LogP contribution in [-0.2, 0) is 14.8 Å². The Bertz CT molecular complexity index is 698. The standard InChI is InChI=1S/C18H29N3O3S2.ClH/c1-13-6-8-15(9-7-13)26(23,24)21-17(10-12-25-3)18(22)20-16-5-4-11-19-14(16)2;/h6-9,14,16-17,19,21H,4-5,10-12H2,1-3H3,(H,20,22);1H. The molecule has 0 saturated carbocycles. The number of piperidine rings is 1. The molecule has 0 aromatic heterocycles. The highest BCUT2D eigenvalue weighted by Crippen LogP contribution is 2.14. The Morgan fingerprint density at radius 2 is 2.00 bits per heavy atom. The highest BCUT2D eigenvalue weighted by atomic mass is 35.5. The molecule has 154 valence electrons. The van der Waals surface area contributed by atoms with Crippen LogP contribution in [0.5, 0.6) is 0 Å². The first-order chi connectivity index (χ1) is 12.3. The molecule has 1 aromatic carbocycles. The molecule has 1 aromatic rings. The first kappa shape index (κ1) is 24.2. The fraction of sp³-hybridized carbons (Fsp3) is 0.611. The van der Waals surface area contributed by atoms with Gasteiger partial charge in [-0.2, -0.15) is 16.5 Å². The number of amides is 1. The monoisotopic (exact) mass is 435 g/mol. The molecule has 27 heavy (non-hydrogen) atoms. The van der Waals surface area contributed by atoms with Gasteiger partial charge in [0.05, 0.1) is 4.90 Å². The van der Waals surface area contributed by atoms with E-state index >= 15 is 0 Å². The Hall–Kier alpha value is -0.800. The predicted octanol–water partition coefficient (Wildman–Crippen LogP) is 2.07. The smallest absolute Gasteiger partial charge is 0.241 e. The molecule has 1 amide bonds. The minimum atomic E-state index is -3.74. The van der Waals surface area contributed by atoms with E-state index in [0.717, 1.165) is 24.9 Å². The minimum Gasteiger partial charge on any atom is -0.350 e. The molecule has 3 atom stereocenters. The summed E-state index contributed by atoms with van der Waals surface area (Å²) < 4.78 is 27.9. The zero-order valence-corrected chi connectivity index (χ0v) is 18.5. The number of carbonyl (C=O) groups is 1. The van der Waals surface area contributed by atoms with Crippen molar-refractivity contribution in [3.8, 4) is 0 Å². The summed E-state index contributed by atoms with van der Waals surface area (Å²) in [5, 5.41) is 6.36. The number of sulfonamides is 1. The van der Waals surface area contributed by atoms with E-state index in [2.05, 4.69) is 15.4 Å². The molecule has 2 rings (SSSR count). The van der Waals surface area contributed by atoms with Crippen LogP contribution in [-0.4, -0.2) is 51.0 Å². The Kier molecular flexibility index (Phi) is 10.1. The summed E-state index contributed by atoms with van der Waals surface area (Å²) in [5.41, 5.74) is 0.986. The summed E-state index contributed by atoms with van der Waals surface area (Å²) in [6.07, 6.45) is 4.29. The fourth-order valence-electron chi connectivity index (χ4n) is 2.98. The van der Waals surface area contributed by atoms with Crippen molar-refractivity contribution in [3.05, 3.63) is 29.8 Å². The average molecular weight is 436 g/mol. The quantitative estimate of drug-likeness (QED) is 0.581. The number of halogens is 1. The maximum Gasteiger partial charge on any atom is 0.241 e. The predicted molar refractivity (Wildman–Crippen MR) is 114 cm³/mol. The van der Waals surface area contributed by atoms with Crippen LogP contribution in [0, 0.1) is 6.92 Å². The van der Waals surface area contributed by atoms with Gasteiger partial charge >= 0.3 is 0 Å². The summed E-state index contributed by atoms with van der Waals surface area (Å²) in [6.45, 7) is 4.89. The largest absolute Gasteiger partial charge is 0.350 e. The van der Waals surface area contributed by atoms with Crippen LogP contribution >= 0.6 is 24.2 Å². The Morgan fingerprint density at radius 1 is 1.33 bits per heavy atom. The Balaban J connectivity index is 0.00000364. The van der Waals surface area contributed by atoms with Crippen molar-refractivity contribution < 1.29 is 13.2 Å². The fourth-order valence-corrected chi connectivity index (χ4v) is 4.68. The van der Waals surface area contributed by atoms with E-state index in [0.29, 0.717) is 12.2 Å². The number of rotatable bonds is 8. The van der Waals surface area contributed by atoms with E-state index in [1.54, 1.807) is 36.0 Å². The second-order valence-corrected chi connectivity index (χ2v) is 9.47. The highest BCUT2D eigenvalue weighted by molar-refractivity contribution is 7.98. The lowest BCUT2D eigenvalue weighted by Crippen LogP contribution is -2.56. The average Bonchev–Trinajstić information content (AvgIpc) is 2.60. The third-order valence-electron chi connectivity index (χ3n) is 4.65. The van der Waals surface area contributed by atoms with Gasteiger partial charge < -0.3 is 10.6 Å². The van der Waals surface area contributed by atoms with Gasteiger partial charge in [0.25, 0.3) is 0 Å². The van der Waals surface area contributed by atoms with Gasteiger partial charge in [0.2, 0.25) is 15.9 Å².